The topological polar surface area (TPSA) is 26.3 Å². The van der Waals surface area contributed by atoms with E-state index < -0.39 is 0 Å². The molecule has 23 heavy (non-hydrogen) atoms. The van der Waals surface area contributed by atoms with Crippen LogP contribution in [0.5, 0.6) is 0 Å². The van der Waals surface area contributed by atoms with Crippen LogP contribution in [0.3, 0.4) is 0 Å². The van der Waals surface area contributed by atoms with E-state index in [0.29, 0.717) is 12.2 Å². The van der Waals surface area contributed by atoms with Crippen molar-refractivity contribution in [3.05, 3.63) is 34.8 Å². The third-order valence-corrected chi connectivity index (χ3v) is 5.42. The van der Waals surface area contributed by atoms with Gasteiger partial charge in [0.25, 0.3) is 0 Å². The number of Topliss-reactive ketones (excluding diaryl/α,β-unsaturated/α-hetero) is 1. The van der Waals surface area contributed by atoms with Crippen molar-refractivity contribution in [1.29, 1.82) is 0 Å². The Labute approximate surface area is 140 Å². The number of ether oxygens (including phenoxy) is 1. The molecule has 0 amide bonds. The van der Waals surface area contributed by atoms with E-state index in [1.807, 2.05) is 12.5 Å². The highest BCUT2D eigenvalue weighted by atomic mass is 16.5. The molecule has 1 heterocycles. The van der Waals surface area contributed by atoms with Crippen LogP contribution in [-0.4, -0.2) is 5.78 Å². The summed E-state index contributed by atoms with van der Waals surface area (Å²) in [5.74, 6) is 1.26. The SMILES string of the molecule is CC(C)(C)C1=COC=C2C1=C(C(=O)CCCC1CC1)CC2(C)C. The molecule has 3 aliphatic rings. The molecule has 0 spiro atoms. The molecule has 126 valence electrons. The summed E-state index contributed by atoms with van der Waals surface area (Å²) in [6.07, 6.45) is 10.3. The van der Waals surface area contributed by atoms with Gasteiger partial charge in [-0.2, -0.15) is 0 Å². The number of hydrogen-bond donors (Lipinski definition) is 0. The number of rotatable bonds is 5. The highest BCUT2D eigenvalue weighted by Crippen LogP contribution is 2.53. The second-order valence-electron chi connectivity index (χ2n) is 9.12. The molecule has 0 bridgehead atoms. The third-order valence-electron chi connectivity index (χ3n) is 5.42. The van der Waals surface area contributed by atoms with Crippen LogP contribution >= 0.6 is 0 Å². The summed E-state index contributed by atoms with van der Waals surface area (Å²) in [6, 6.07) is 0. The minimum absolute atomic E-state index is 0.0123. The van der Waals surface area contributed by atoms with Crippen LogP contribution in [0.25, 0.3) is 0 Å². The molecule has 0 unspecified atom stereocenters. The summed E-state index contributed by atoms with van der Waals surface area (Å²) in [4.78, 5) is 12.9. The summed E-state index contributed by atoms with van der Waals surface area (Å²) >= 11 is 0. The van der Waals surface area contributed by atoms with Gasteiger partial charge in [-0.15, -0.1) is 0 Å². The van der Waals surface area contributed by atoms with Gasteiger partial charge in [0, 0.05) is 23.1 Å². The van der Waals surface area contributed by atoms with E-state index in [2.05, 4.69) is 34.6 Å². The van der Waals surface area contributed by atoms with Crippen molar-refractivity contribution in [3.63, 3.8) is 0 Å². The molecule has 0 saturated heterocycles. The molecule has 0 aromatic heterocycles. The van der Waals surface area contributed by atoms with E-state index in [-0.39, 0.29) is 10.8 Å². The molecule has 3 rings (SSSR count). The van der Waals surface area contributed by atoms with E-state index in [1.165, 1.54) is 36.0 Å². The lowest BCUT2D eigenvalue weighted by atomic mass is 9.76. The zero-order valence-electron chi connectivity index (χ0n) is 15.3. The molecule has 0 N–H and O–H groups in total. The number of hydrogen-bond acceptors (Lipinski definition) is 2. The summed E-state index contributed by atoms with van der Waals surface area (Å²) in [7, 11) is 0. The Balaban J connectivity index is 1.87. The Kier molecular flexibility index (Phi) is 4.06. The quantitative estimate of drug-likeness (QED) is 0.650. The summed E-state index contributed by atoms with van der Waals surface area (Å²) in [5, 5.41) is 0. The van der Waals surface area contributed by atoms with Gasteiger partial charge >= 0.3 is 0 Å². The average molecular weight is 314 g/mol. The second kappa shape index (κ2) is 5.65. The third kappa shape index (κ3) is 3.32. The predicted molar refractivity (Wildman–Crippen MR) is 93.7 cm³/mol. The van der Waals surface area contributed by atoms with Crippen LogP contribution in [-0.2, 0) is 9.53 Å². The van der Waals surface area contributed by atoms with Crippen molar-refractivity contribution in [2.24, 2.45) is 16.7 Å². The Hall–Kier alpha value is -1.31. The molecule has 2 nitrogen and oxygen atoms in total. The van der Waals surface area contributed by atoms with Gasteiger partial charge in [0.2, 0.25) is 0 Å². The number of carbonyl (C=O) groups excluding carboxylic acids is 1. The lowest BCUT2D eigenvalue weighted by molar-refractivity contribution is -0.115. The fourth-order valence-corrected chi connectivity index (χ4v) is 3.78. The van der Waals surface area contributed by atoms with Gasteiger partial charge in [-0.25, -0.2) is 0 Å². The molecular weight excluding hydrogens is 284 g/mol. The Morgan fingerprint density at radius 1 is 1.26 bits per heavy atom. The van der Waals surface area contributed by atoms with Crippen LogP contribution < -0.4 is 0 Å². The molecule has 0 aromatic rings. The van der Waals surface area contributed by atoms with Gasteiger partial charge in [0.1, 0.15) is 0 Å². The Morgan fingerprint density at radius 2 is 1.96 bits per heavy atom. The van der Waals surface area contributed by atoms with Gasteiger partial charge in [0.05, 0.1) is 12.5 Å². The molecule has 2 aliphatic carbocycles. The van der Waals surface area contributed by atoms with E-state index >= 15 is 0 Å². The summed E-state index contributed by atoms with van der Waals surface area (Å²) in [6.45, 7) is 11.0. The van der Waals surface area contributed by atoms with Gasteiger partial charge in [0.15, 0.2) is 5.78 Å². The summed E-state index contributed by atoms with van der Waals surface area (Å²) < 4.78 is 5.64. The van der Waals surface area contributed by atoms with Crippen molar-refractivity contribution in [1.82, 2.24) is 0 Å². The van der Waals surface area contributed by atoms with Crippen molar-refractivity contribution < 1.29 is 9.53 Å². The lowest BCUT2D eigenvalue weighted by Gasteiger charge is -2.30. The van der Waals surface area contributed by atoms with E-state index in [1.54, 1.807) is 0 Å². The highest BCUT2D eigenvalue weighted by Gasteiger charge is 2.43. The highest BCUT2D eigenvalue weighted by molar-refractivity contribution is 5.99. The number of allylic oxidation sites excluding steroid dienone is 4. The number of carbonyl (C=O) groups is 1. The molecule has 0 atom stereocenters. The van der Waals surface area contributed by atoms with Crippen molar-refractivity contribution in [3.8, 4) is 0 Å². The molecule has 1 fully saturated rings. The molecule has 0 radical (unpaired) electrons. The monoisotopic (exact) mass is 314 g/mol. The first-order valence-corrected chi connectivity index (χ1v) is 9.04. The first-order valence-electron chi connectivity index (χ1n) is 9.04. The fraction of sp³-hybridized carbons (Fsp3) is 0.667. The molecular formula is C21H30O2. The van der Waals surface area contributed by atoms with E-state index in [0.717, 1.165) is 24.3 Å². The number of ketones is 1. The summed E-state index contributed by atoms with van der Waals surface area (Å²) in [5.41, 5.74) is 4.57. The fourth-order valence-electron chi connectivity index (χ4n) is 3.78. The minimum Gasteiger partial charge on any atom is -0.472 e. The minimum atomic E-state index is -0.0190. The molecule has 0 aromatic carbocycles. The molecule has 1 aliphatic heterocycles. The van der Waals surface area contributed by atoms with Crippen molar-refractivity contribution in [2.45, 2.75) is 73.1 Å². The maximum absolute atomic E-state index is 12.9. The van der Waals surface area contributed by atoms with Crippen LogP contribution in [0.2, 0.25) is 0 Å². The first kappa shape index (κ1) is 16.5. The zero-order valence-corrected chi connectivity index (χ0v) is 15.3. The Morgan fingerprint density at radius 3 is 2.57 bits per heavy atom. The maximum Gasteiger partial charge on any atom is 0.159 e. The van der Waals surface area contributed by atoms with Crippen LogP contribution in [0.4, 0.5) is 0 Å². The predicted octanol–water partition coefficient (Wildman–Crippen LogP) is 5.71. The van der Waals surface area contributed by atoms with Crippen LogP contribution in [0.1, 0.15) is 73.1 Å². The standard InChI is InChI=1S/C21H30O2/c1-20(2,3)16-12-23-13-17-19(16)15(11-21(17,4)5)18(22)8-6-7-14-9-10-14/h12-14H,6-11H2,1-5H3. The zero-order chi connectivity index (χ0) is 16.8. The van der Waals surface area contributed by atoms with Crippen LogP contribution in [0.15, 0.2) is 34.8 Å². The maximum atomic E-state index is 12.9. The second-order valence-corrected chi connectivity index (χ2v) is 9.12. The van der Waals surface area contributed by atoms with Crippen molar-refractivity contribution in [2.75, 3.05) is 0 Å². The van der Waals surface area contributed by atoms with Crippen molar-refractivity contribution >= 4 is 5.78 Å². The largest absolute Gasteiger partial charge is 0.472 e. The van der Waals surface area contributed by atoms with E-state index in [9.17, 15) is 4.79 Å². The number of fused-ring (bicyclic) bond motifs is 1. The Bertz CT molecular complexity index is 604. The smallest absolute Gasteiger partial charge is 0.159 e. The van der Waals surface area contributed by atoms with Gasteiger partial charge in [-0.05, 0) is 35.2 Å². The van der Waals surface area contributed by atoms with Gasteiger partial charge in [-0.1, -0.05) is 53.9 Å². The average Bonchev–Trinajstić information content (AvgIpc) is 3.22. The molecule has 2 heteroatoms. The van der Waals surface area contributed by atoms with Gasteiger partial charge < -0.3 is 4.74 Å². The van der Waals surface area contributed by atoms with Gasteiger partial charge in [-0.3, -0.25) is 4.79 Å². The van der Waals surface area contributed by atoms with E-state index in [4.69, 9.17) is 4.74 Å². The molecule has 1 saturated carbocycles. The first-order chi connectivity index (χ1) is 10.7. The lowest BCUT2D eigenvalue weighted by Crippen LogP contribution is -2.18. The van der Waals surface area contributed by atoms with Crippen LogP contribution in [0, 0.1) is 16.7 Å². The normalized spacial score (nSPS) is 23.2.